The highest BCUT2D eigenvalue weighted by molar-refractivity contribution is 5.92. The standard InChI is InChI=1S/C19H19N5O3/c20-13-15-12-17(24(26)27)6-7-18(15)23-10-8-22(9-11-23)14-19(25)21-16-4-2-1-3-5-16/h1-7,12H,8-11,14H2,(H,21,25). The monoisotopic (exact) mass is 365 g/mol. The quantitative estimate of drug-likeness (QED) is 0.644. The Hall–Kier alpha value is -3.44. The molecule has 138 valence electrons. The highest BCUT2D eigenvalue weighted by Crippen LogP contribution is 2.25. The van der Waals surface area contributed by atoms with E-state index in [2.05, 4.69) is 5.32 Å². The SMILES string of the molecule is N#Cc1cc([N+](=O)[O-])ccc1N1CCN(CC(=O)Nc2ccccc2)CC1. The molecule has 8 nitrogen and oxygen atoms in total. The number of anilines is 2. The molecule has 27 heavy (non-hydrogen) atoms. The molecule has 0 bridgehead atoms. The lowest BCUT2D eigenvalue weighted by Crippen LogP contribution is -2.48. The number of nitrogens with zero attached hydrogens (tertiary/aromatic N) is 4. The molecular formula is C19H19N5O3. The Morgan fingerprint density at radius 2 is 1.85 bits per heavy atom. The minimum atomic E-state index is -0.506. The number of amides is 1. The minimum Gasteiger partial charge on any atom is -0.368 e. The fourth-order valence-electron chi connectivity index (χ4n) is 3.07. The zero-order valence-corrected chi connectivity index (χ0v) is 14.7. The number of nitro groups is 1. The highest BCUT2D eigenvalue weighted by atomic mass is 16.6. The van der Waals surface area contributed by atoms with Crippen molar-refractivity contribution in [2.75, 3.05) is 42.9 Å². The molecule has 2 aromatic carbocycles. The van der Waals surface area contributed by atoms with Crippen molar-refractivity contribution in [3.05, 3.63) is 64.2 Å². The summed E-state index contributed by atoms with van der Waals surface area (Å²) in [6.07, 6.45) is 0. The van der Waals surface area contributed by atoms with Gasteiger partial charge in [-0.05, 0) is 18.2 Å². The van der Waals surface area contributed by atoms with Crippen LogP contribution in [0.4, 0.5) is 17.1 Å². The first-order valence-electron chi connectivity index (χ1n) is 8.57. The summed E-state index contributed by atoms with van der Waals surface area (Å²) in [7, 11) is 0. The Morgan fingerprint density at radius 3 is 2.48 bits per heavy atom. The average molecular weight is 365 g/mol. The summed E-state index contributed by atoms with van der Waals surface area (Å²) >= 11 is 0. The Kier molecular flexibility index (Phi) is 5.64. The van der Waals surface area contributed by atoms with E-state index >= 15 is 0 Å². The molecule has 3 rings (SSSR count). The highest BCUT2D eigenvalue weighted by Gasteiger charge is 2.22. The van der Waals surface area contributed by atoms with Crippen LogP contribution in [0.1, 0.15) is 5.56 Å². The smallest absolute Gasteiger partial charge is 0.270 e. The average Bonchev–Trinajstić information content (AvgIpc) is 2.68. The molecule has 0 saturated carbocycles. The second kappa shape index (κ2) is 8.29. The third-order valence-electron chi connectivity index (χ3n) is 4.45. The van der Waals surface area contributed by atoms with Crippen molar-refractivity contribution in [1.82, 2.24) is 4.90 Å². The first kappa shape index (κ1) is 18.4. The van der Waals surface area contributed by atoms with Gasteiger partial charge in [0, 0.05) is 44.0 Å². The number of carbonyl (C=O) groups excluding carboxylic acids is 1. The summed E-state index contributed by atoms with van der Waals surface area (Å²) < 4.78 is 0. The lowest BCUT2D eigenvalue weighted by atomic mass is 10.1. The van der Waals surface area contributed by atoms with Crippen molar-refractivity contribution in [3.8, 4) is 6.07 Å². The van der Waals surface area contributed by atoms with Crippen molar-refractivity contribution in [2.45, 2.75) is 0 Å². The molecule has 0 atom stereocenters. The zero-order chi connectivity index (χ0) is 19.2. The maximum atomic E-state index is 12.2. The van der Waals surface area contributed by atoms with Crippen LogP contribution in [-0.4, -0.2) is 48.5 Å². The maximum Gasteiger partial charge on any atom is 0.270 e. The molecule has 1 aliphatic heterocycles. The first-order valence-corrected chi connectivity index (χ1v) is 8.57. The summed E-state index contributed by atoms with van der Waals surface area (Å²) in [5.41, 5.74) is 1.66. The van der Waals surface area contributed by atoms with E-state index in [1.165, 1.54) is 12.1 Å². The van der Waals surface area contributed by atoms with Crippen molar-refractivity contribution >= 4 is 23.0 Å². The van der Waals surface area contributed by atoms with Gasteiger partial charge in [-0.3, -0.25) is 19.8 Å². The zero-order valence-electron chi connectivity index (χ0n) is 14.7. The van der Waals surface area contributed by atoms with Gasteiger partial charge in [-0.1, -0.05) is 18.2 Å². The summed E-state index contributed by atoms with van der Waals surface area (Å²) in [5, 5.41) is 23.0. The summed E-state index contributed by atoms with van der Waals surface area (Å²) in [5.74, 6) is -0.0669. The molecular weight excluding hydrogens is 346 g/mol. The Morgan fingerprint density at radius 1 is 1.15 bits per heavy atom. The van der Waals surface area contributed by atoms with Gasteiger partial charge in [0.25, 0.3) is 5.69 Å². The molecule has 0 aromatic heterocycles. The van der Waals surface area contributed by atoms with Gasteiger partial charge in [-0.2, -0.15) is 5.26 Å². The Bertz CT molecular complexity index is 871. The van der Waals surface area contributed by atoms with E-state index < -0.39 is 4.92 Å². The molecule has 0 aliphatic carbocycles. The van der Waals surface area contributed by atoms with E-state index in [9.17, 15) is 20.2 Å². The van der Waals surface area contributed by atoms with Crippen molar-refractivity contribution in [3.63, 3.8) is 0 Å². The van der Waals surface area contributed by atoms with Crippen LogP contribution >= 0.6 is 0 Å². The molecule has 0 radical (unpaired) electrons. The summed E-state index contributed by atoms with van der Waals surface area (Å²) in [4.78, 5) is 26.6. The number of para-hydroxylation sites is 1. The third-order valence-corrected chi connectivity index (χ3v) is 4.45. The van der Waals surface area contributed by atoms with E-state index in [1.54, 1.807) is 6.07 Å². The number of nitrogens with one attached hydrogen (secondary N) is 1. The minimum absolute atomic E-state index is 0.0669. The lowest BCUT2D eigenvalue weighted by Gasteiger charge is -2.36. The number of benzene rings is 2. The molecule has 1 aliphatic rings. The van der Waals surface area contributed by atoms with Crippen LogP contribution in [0.5, 0.6) is 0 Å². The van der Waals surface area contributed by atoms with E-state index in [0.717, 1.165) is 5.69 Å². The number of hydrogen-bond donors (Lipinski definition) is 1. The predicted octanol–water partition coefficient (Wildman–Crippen LogP) is 2.23. The third kappa shape index (κ3) is 4.59. The van der Waals surface area contributed by atoms with Crippen molar-refractivity contribution < 1.29 is 9.72 Å². The molecule has 0 spiro atoms. The van der Waals surface area contributed by atoms with Crippen LogP contribution in [0.15, 0.2) is 48.5 Å². The van der Waals surface area contributed by atoms with E-state index in [-0.39, 0.29) is 11.6 Å². The van der Waals surface area contributed by atoms with Gasteiger partial charge in [0.2, 0.25) is 5.91 Å². The molecule has 1 fully saturated rings. The van der Waals surface area contributed by atoms with Gasteiger partial charge in [0.1, 0.15) is 6.07 Å². The topological polar surface area (TPSA) is 103 Å². The van der Waals surface area contributed by atoms with Crippen molar-refractivity contribution in [2.24, 2.45) is 0 Å². The fraction of sp³-hybridized carbons (Fsp3) is 0.263. The predicted molar refractivity (Wildman–Crippen MR) is 102 cm³/mol. The molecule has 1 heterocycles. The van der Waals surface area contributed by atoms with E-state index in [1.807, 2.05) is 46.2 Å². The normalized spacial score (nSPS) is 14.4. The van der Waals surface area contributed by atoms with E-state index in [4.69, 9.17) is 0 Å². The number of carbonyl (C=O) groups is 1. The van der Waals surface area contributed by atoms with Crippen molar-refractivity contribution in [1.29, 1.82) is 5.26 Å². The Balaban J connectivity index is 1.57. The summed E-state index contributed by atoms with van der Waals surface area (Å²) in [6.45, 7) is 2.93. The van der Waals surface area contributed by atoms with Gasteiger partial charge in [0.15, 0.2) is 0 Å². The number of nitriles is 1. The molecule has 1 amide bonds. The molecule has 1 saturated heterocycles. The number of piperazine rings is 1. The van der Waals surface area contributed by atoms with Crippen LogP contribution in [0.2, 0.25) is 0 Å². The van der Waals surface area contributed by atoms with Crippen LogP contribution in [0.3, 0.4) is 0 Å². The van der Waals surface area contributed by atoms with E-state index in [0.29, 0.717) is 44.0 Å². The molecule has 0 unspecified atom stereocenters. The van der Waals surface area contributed by atoms with Gasteiger partial charge < -0.3 is 10.2 Å². The van der Waals surface area contributed by atoms with Gasteiger partial charge in [0.05, 0.1) is 22.7 Å². The van der Waals surface area contributed by atoms with Crippen LogP contribution < -0.4 is 10.2 Å². The van der Waals surface area contributed by atoms with Crippen LogP contribution in [0, 0.1) is 21.4 Å². The fourth-order valence-corrected chi connectivity index (χ4v) is 3.07. The Labute approximate surface area is 156 Å². The number of non-ortho nitro benzene ring substituents is 1. The van der Waals surface area contributed by atoms with Crippen LogP contribution in [-0.2, 0) is 4.79 Å². The first-order chi connectivity index (χ1) is 13.1. The number of nitro benzene ring substituents is 1. The largest absolute Gasteiger partial charge is 0.368 e. The van der Waals surface area contributed by atoms with Gasteiger partial charge in [-0.15, -0.1) is 0 Å². The second-order valence-corrected chi connectivity index (χ2v) is 6.25. The maximum absolute atomic E-state index is 12.2. The molecule has 1 N–H and O–H groups in total. The number of rotatable bonds is 5. The molecule has 8 heteroatoms. The lowest BCUT2D eigenvalue weighted by molar-refractivity contribution is -0.384. The molecule has 2 aromatic rings. The van der Waals surface area contributed by atoms with Crippen LogP contribution in [0.25, 0.3) is 0 Å². The summed E-state index contributed by atoms with van der Waals surface area (Å²) in [6, 6.07) is 15.7. The number of hydrogen-bond acceptors (Lipinski definition) is 6. The van der Waals surface area contributed by atoms with Gasteiger partial charge in [-0.25, -0.2) is 0 Å². The second-order valence-electron chi connectivity index (χ2n) is 6.25. The van der Waals surface area contributed by atoms with Gasteiger partial charge >= 0.3 is 0 Å².